The number of unbranched alkanes of at least 4 members (excludes halogenated alkanes) is 52. The van der Waals surface area contributed by atoms with Gasteiger partial charge in [0.05, 0.1) is 27.7 Å². The Balaban J connectivity index is 3.91. The van der Waals surface area contributed by atoms with Crippen molar-refractivity contribution in [3.05, 3.63) is 60.8 Å². The number of ether oxygens (including phenoxy) is 2. The topological polar surface area (TPSA) is 108 Å². The number of esters is 2. The molecule has 0 aliphatic rings. The Labute approximate surface area is 578 Å². The lowest BCUT2D eigenvalue weighted by Crippen LogP contribution is -2.37. The zero-order valence-corrected chi connectivity index (χ0v) is 63.4. The van der Waals surface area contributed by atoms with Gasteiger partial charge in [0, 0.05) is 12.8 Å². The van der Waals surface area contributed by atoms with Crippen molar-refractivity contribution in [1.82, 2.24) is 0 Å². The number of allylic oxidation sites excluding steroid dienone is 10. The molecule has 0 aliphatic carbocycles. The molecule has 0 aromatic carbocycles. The Morgan fingerprint density at radius 1 is 0.344 bits per heavy atom. The van der Waals surface area contributed by atoms with E-state index in [1.54, 1.807) is 0 Å². The van der Waals surface area contributed by atoms with Crippen molar-refractivity contribution in [3.63, 3.8) is 0 Å². The predicted octanol–water partition coefficient (Wildman–Crippen LogP) is 26.9. The zero-order valence-electron chi connectivity index (χ0n) is 62.5. The van der Waals surface area contributed by atoms with E-state index < -0.39 is 26.5 Å². The van der Waals surface area contributed by atoms with E-state index in [0.717, 1.165) is 64.2 Å². The van der Waals surface area contributed by atoms with Crippen LogP contribution >= 0.6 is 7.82 Å². The monoisotopic (exact) mass is 1330 g/mol. The second-order valence-electron chi connectivity index (χ2n) is 28.8. The summed E-state index contributed by atoms with van der Waals surface area (Å²) >= 11 is 0. The van der Waals surface area contributed by atoms with Crippen molar-refractivity contribution < 1.29 is 42.1 Å². The van der Waals surface area contributed by atoms with E-state index in [4.69, 9.17) is 18.5 Å². The predicted molar refractivity (Wildman–Crippen MR) is 404 cm³/mol. The Bertz CT molecular complexity index is 1750. The Morgan fingerprint density at radius 3 is 0.914 bits per heavy atom. The zero-order chi connectivity index (χ0) is 67.6. The average molecular weight is 1330 g/mol. The van der Waals surface area contributed by atoms with Gasteiger partial charge in [-0.25, -0.2) is 4.57 Å². The van der Waals surface area contributed by atoms with Crippen LogP contribution in [0, 0.1) is 0 Å². The van der Waals surface area contributed by atoms with Gasteiger partial charge in [0.15, 0.2) is 6.10 Å². The Morgan fingerprint density at radius 2 is 0.613 bits per heavy atom. The van der Waals surface area contributed by atoms with Crippen LogP contribution in [0.5, 0.6) is 0 Å². The largest absolute Gasteiger partial charge is 0.472 e. The van der Waals surface area contributed by atoms with E-state index in [0.29, 0.717) is 23.9 Å². The van der Waals surface area contributed by atoms with E-state index in [1.165, 1.54) is 308 Å². The van der Waals surface area contributed by atoms with Crippen LogP contribution in [0.3, 0.4) is 0 Å². The number of carbonyl (C=O) groups excluding carboxylic acids is 2. The molecule has 9 nitrogen and oxygen atoms in total. The maximum absolute atomic E-state index is 12.9. The number of rotatable bonds is 76. The van der Waals surface area contributed by atoms with E-state index in [1.807, 2.05) is 21.1 Å². The number of nitrogens with zero attached hydrogens (tertiary/aromatic N) is 1. The first kappa shape index (κ1) is 90.7. The minimum atomic E-state index is -4.39. The van der Waals surface area contributed by atoms with E-state index in [9.17, 15) is 19.0 Å². The minimum absolute atomic E-state index is 0.0344. The van der Waals surface area contributed by atoms with Crippen LogP contribution < -0.4 is 0 Å². The molecular formula is C83H157NO8P+. The van der Waals surface area contributed by atoms with Gasteiger partial charge in [-0.1, -0.05) is 396 Å². The molecule has 546 valence electrons. The molecule has 0 bridgehead atoms. The number of likely N-dealkylation sites (N-methyl/N-ethyl adjacent to an activating group) is 1. The fourth-order valence-corrected chi connectivity index (χ4v) is 12.9. The van der Waals surface area contributed by atoms with Crippen molar-refractivity contribution in [2.24, 2.45) is 0 Å². The molecule has 0 aliphatic heterocycles. The Kier molecular flexibility index (Phi) is 72.1. The lowest BCUT2D eigenvalue weighted by molar-refractivity contribution is -0.870. The van der Waals surface area contributed by atoms with Crippen molar-refractivity contribution in [1.29, 1.82) is 0 Å². The molecule has 2 unspecified atom stereocenters. The van der Waals surface area contributed by atoms with Gasteiger partial charge in [-0.2, -0.15) is 0 Å². The minimum Gasteiger partial charge on any atom is -0.462 e. The van der Waals surface area contributed by atoms with Crippen molar-refractivity contribution in [2.75, 3.05) is 47.5 Å². The fraction of sp³-hybridized carbons (Fsp3) is 0.855. The summed E-state index contributed by atoms with van der Waals surface area (Å²) in [6.07, 6.45) is 99.5. The van der Waals surface area contributed by atoms with E-state index in [2.05, 4.69) is 74.6 Å². The van der Waals surface area contributed by atoms with Gasteiger partial charge >= 0.3 is 19.8 Å². The van der Waals surface area contributed by atoms with Crippen LogP contribution in [0.15, 0.2) is 60.8 Å². The summed E-state index contributed by atoms with van der Waals surface area (Å²) in [5.74, 6) is -0.772. The SMILES string of the molecule is CC/C=C\C/C=C\C/C=C\C/C=C\C/C=C\CCCCCCCCCCCCCCCCCCCCCCCC(=O)OC(COC(=O)CCCCCCCCCCCCCCCCCCCCCCCCCCCCCCCCCC)COP(=O)(O)OCC[N+](C)(C)C. The first-order valence-electron chi connectivity index (χ1n) is 40.5. The summed E-state index contributed by atoms with van der Waals surface area (Å²) in [5, 5.41) is 0. The standard InChI is InChI=1S/C83H156NO8P/c1-6-8-10-12-14-16-18-20-22-24-26-28-30-32-34-36-38-40-41-42-43-44-46-48-50-52-54-56-58-60-62-64-66-68-70-72-74-76-83(86)92-81(80-91-93(87,88)90-78-77-84(3,4)5)79-89-82(85)75-73-71-69-67-65-63-61-59-57-55-53-51-49-47-45-39-37-35-33-31-29-27-25-23-21-19-17-15-13-11-9-7-2/h8,10,14,16,20,22,26,28,32,34,81H,6-7,9,11-13,15,17-19,21,23-25,27,29-31,33,35-80H2,1-5H3/p+1/b10-8-,16-14-,22-20-,28-26-,34-32-. The molecule has 0 amide bonds. The lowest BCUT2D eigenvalue weighted by Gasteiger charge is -2.24. The number of quaternary nitrogens is 1. The van der Waals surface area contributed by atoms with E-state index >= 15 is 0 Å². The number of carbonyl (C=O) groups is 2. The van der Waals surface area contributed by atoms with Crippen molar-refractivity contribution >= 4 is 19.8 Å². The third-order valence-electron chi connectivity index (χ3n) is 18.3. The highest BCUT2D eigenvalue weighted by Gasteiger charge is 2.27. The van der Waals surface area contributed by atoms with Crippen molar-refractivity contribution in [2.45, 2.75) is 412 Å². The lowest BCUT2D eigenvalue weighted by atomic mass is 10.0. The molecule has 0 saturated carbocycles. The molecule has 93 heavy (non-hydrogen) atoms. The van der Waals surface area contributed by atoms with Crippen LogP contribution in [0.25, 0.3) is 0 Å². The number of hydrogen-bond acceptors (Lipinski definition) is 7. The number of hydrogen-bond donors (Lipinski definition) is 1. The fourth-order valence-electron chi connectivity index (χ4n) is 12.2. The molecule has 0 aromatic heterocycles. The molecule has 0 heterocycles. The second-order valence-corrected chi connectivity index (χ2v) is 30.2. The summed E-state index contributed by atoms with van der Waals surface area (Å²) in [6.45, 7) is 4.40. The first-order chi connectivity index (χ1) is 45.5. The third kappa shape index (κ3) is 78.6. The molecule has 2 atom stereocenters. The van der Waals surface area contributed by atoms with Crippen LogP contribution in [-0.4, -0.2) is 74.9 Å². The summed E-state index contributed by atoms with van der Waals surface area (Å²) < 4.78 is 34.8. The van der Waals surface area contributed by atoms with Crippen LogP contribution in [0.2, 0.25) is 0 Å². The number of phosphoric acid groups is 1. The average Bonchev–Trinajstić information content (AvgIpc) is 2.27. The molecule has 0 aromatic rings. The third-order valence-corrected chi connectivity index (χ3v) is 19.3. The molecule has 10 heteroatoms. The van der Waals surface area contributed by atoms with Gasteiger partial charge in [-0.3, -0.25) is 18.6 Å². The normalized spacial score (nSPS) is 13.3. The molecule has 0 radical (unpaired) electrons. The highest BCUT2D eigenvalue weighted by molar-refractivity contribution is 7.47. The molecule has 0 fully saturated rings. The van der Waals surface area contributed by atoms with Gasteiger partial charge in [0.1, 0.15) is 19.8 Å². The molecule has 1 N–H and O–H groups in total. The highest BCUT2D eigenvalue weighted by Crippen LogP contribution is 2.43. The highest BCUT2D eigenvalue weighted by atomic mass is 31.2. The smallest absolute Gasteiger partial charge is 0.462 e. The summed E-state index contributed by atoms with van der Waals surface area (Å²) in [5.41, 5.74) is 0. The maximum atomic E-state index is 12.9. The maximum Gasteiger partial charge on any atom is 0.472 e. The van der Waals surface area contributed by atoms with E-state index in [-0.39, 0.29) is 25.6 Å². The molecule has 0 rings (SSSR count). The van der Waals surface area contributed by atoms with Crippen LogP contribution in [-0.2, 0) is 32.7 Å². The molecular weight excluding hydrogens is 1170 g/mol. The van der Waals surface area contributed by atoms with Crippen LogP contribution in [0.1, 0.15) is 406 Å². The van der Waals surface area contributed by atoms with Gasteiger partial charge in [-0.15, -0.1) is 0 Å². The first-order valence-corrected chi connectivity index (χ1v) is 42.0. The van der Waals surface area contributed by atoms with Gasteiger partial charge < -0.3 is 18.9 Å². The van der Waals surface area contributed by atoms with Crippen molar-refractivity contribution in [3.8, 4) is 0 Å². The Hall–Kier alpha value is -2.29. The summed E-state index contributed by atoms with van der Waals surface area (Å²) in [7, 11) is 1.50. The van der Waals surface area contributed by atoms with Gasteiger partial charge in [0.25, 0.3) is 0 Å². The second kappa shape index (κ2) is 73.9. The molecule has 0 spiro atoms. The van der Waals surface area contributed by atoms with Gasteiger partial charge in [0.2, 0.25) is 0 Å². The molecule has 0 saturated heterocycles. The van der Waals surface area contributed by atoms with Crippen LogP contribution in [0.4, 0.5) is 0 Å². The summed E-state index contributed by atoms with van der Waals surface area (Å²) in [4.78, 5) is 36.0. The number of phosphoric ester groups is 1. The van der Waals surface area contributed by atoms with Gasteiger partial charge in [-0.05, 0) is 57.8 Å². The quantitative estimate of drug-likeness (QED) is 0.0211. The summed E-state index contributed by atoms with van der Waals surface area (Å²) in [6, 6.07) is 0.